The molecular formula is C17H24N2O3. The molecule has 2 bridgehead atoms. The van der Waals surface area contributed by atoms with Gasteiger partial charge in [-0.05, 0) is 38.8 Å². The molecule has 3 rings (SSSR count). The zero-order valence-corrected chi connectivity index (χ0v) is 13.5. The van der Waals surface area contributed by atoms with Gasteiger partial charge in [0.15, 0.2) is 5.78 Å². The quantitative estimate of drug-likeness (QED) is 0.800. The highest BCUT2D eigenvalue weighted by molar-refractivity contribution is 6.00. The molecule has 2 aliphatic heterocycles. The van der Waals surface area contributed by atoms with E-state index in [1.165, 1.54) is 19.3 Å². The molecule has 5 heteroatoms. The lowest BCUT2D eigenvalue weighted by molar-refractivity contribution is 0.0337. The van der Waals surface area contributed by atoms with Crippen molar-refractivity contribution in [2.75, 3.05) is 21.3 Å². The summed E-state index contributed by atoms with van der Waals surface area (Å²) in [4.78, 5) is 19.6. The molecule has 0 spiro atoms. The molecule has 2 aliphatic rings. The monoisotopic (exact) mass is 304 g/mol. The first-order valence-electron chi connectivity index (χ1n) is 7.99. The predicted octanol–water partition coefficient (Wildman–Crippen LogP) is 2.54. The van der Waals surface area contributed by atoms with Gasteiger partial charge in [-0.2, -0.15) is 4.98 Å². The van der Waals surface area contributed by atoms with Gasteiger partial charge >= 0.3 is 0 Å². The number of pyridine rings is 1. The summed E-state index contributed by atoms with van der Waals surface area (Å²) in [7, 11) is 5.30. The number of carbonyl (C=O) groups is 1. The Labute approximate surface area is 131 Å². The van der Waals surface area contributed by atoms with E-state index in [-0.39, 0.29) is 11.7 Å². The van der Waals surface area contributed by atoms with Crippen LogP contribution in [0.3, 0.4) is 0 Å². The van der Waals surface area contributed by atoms with E-state index < -0.39 is 0 Å². The second-order valence-electron chi connectivity index (χ2n) is 6.35. The maximum Gasteiger partial charge on any atom is 0.227 e. The Kier molecular flexibility index (Phi) is 4.34. The zero-order chi connectivity index (χ0) is 15.7. The molecule has 22 heavy (non-hydrogen) atoms. The van der Waals surface area contributed by atoms with Gasteiger partial charge in [-0.1, -0.05) is 6.42 Å². The van der Waals surface area contributed by atoms with Crippen LogP contribution >= 0.6 is 0 Å². The zero-order valence-electron chi connectivity index (χ0n) is 13.5. The molecule has 2 saturated heterocycles. The minimum Gasteiger partial charge on any atom is -0.481 e. The van der Waals surface area contributed by atoms with Crippen molar-refractivity contribution >= 4 is 5.78 Å². The molecule has 0 aliphatic carbocycles. The van der Waals surface area contributed by atoms with E-state index in [4.69, 9.17) is 9.47 Å². The molecule has 0 amide bonds. The summed E-state index contributed by atoms with van der Waals surface area (Å²) in [5, 5.41) is 0. The van der Waals surface area contributed by atoms with Crippen LogP contribution in [0.5, 0.6) is 11.8 Å². The van der Waals surface area contributed by atoms with Gasteiger partial charge in [0.2, 0.25) is 11.8 Å². The van der Waals surface area contributed by atoms with Gasteiger partial charge in [0.25, 0.3) is 0 Å². The van der Waals surface area contributed by atoms with Crippen LogP contribution in [0.25, 0.3) is 0 Å². The molecule has 120 valence electrons. The number of nitrogens with zero attached hydrogens (tertiary/aromatic N) is 2. The second kappa shape index (κ2) is 6.24. The van der Waals surface area contributed by atoms with Gasteiger partial charge in [-0.15, -0.1) is 0 Å². The highest BCUT2D eigenvalue weighted by Crippen LogP contribution is 2.38. The highest BCUT2D eigenvalue weighted by Gasteiger charge is 2.39. The Morgan fingerprint density at radius 3 is 2.45 bits per heavy atom. The number of Topliss-reactive ketones (excluding diaryl/α,β-unsaturated/α-hetero) is 1. The molecule has 0 radical (unpaired) electrons. The van der Waals surface area contributed by atoms with E-state index in [2.05, 4.69) is 16.9 Å². The van der Waals surface area contributed by atoms with Crippen LogP contribution in [0.1, 0.15) is 42.5 Å². The van der Waals surface area contributed by atoms with Crippen LogP contribution in [0.2, 0.25) is 0 Å². The van der Waals surface area contributed by atoms with Crippen LogP contribution < -0.4 is 9.47 Å². The number of aromatic nitrogens is 1. The summed E-state index contributed by atoms with van der Waals surface area (Å²) in [6, 6.07) is 4.59. The third-order valence-electron chi connectivity index (χ3n) is 5.21. The first-order chi connectivity index (χ1) is 10.6. The fourth-order valence-corrected chi connectivity index (χ4v) is 3.93. The number of hydrogen-bond donors (Lipinski definition) is 0. The lowest BCUT2D eigenvalue weighted by Gasteiger charge is -2.46. The van der Waals surface area contributed by atoms with Gasteiger partial charge in [-0.3, -0.25) is 4.79 Å². The van der Waals surface area contributed by atoms with Gasteiger partial charge in [0, 0.05) is 24.1 Å². The predicted molar refractivity (Wildman–Crippen MR) is 83.6 cm³/mol. The van der Waals surface area contributed by atoms with Crippen molar-refractivity contribution in [2.24, 2.45) is 5.92 Å². The molecule has 2 fully saturated rings. The number of ketones is 1. The van der Waals surface area contributed by atoms with Crippen molar-refractivity contribution in [1.29, 1.82) is 0 Å². The SMILES string of the molecule is COc1ccc(C(=O)C2CC3CCCC(C2)N3C)c(OC)n1. The van der Waals surface area contributed by atoms with Crippen LogP contribution in [0, 0.1) is 5.92 Å². The normalized spacial score (nSPS) is 28.2. The molecule has 2 unspecified atom stereocenters. The molecule has 5 nitrogen and oxygen atoms in total. The number of carbonyl (C=O) groups excluding carboxylic acids is 1. The summed E-state index contributed by atoms with van der Waals surface area (Å²) in [5.41, 5.74) is 0.580. The largest absolute Gasteiger partial charge is 0.481 e. The van der Waals surface area contributed by atoms with Crippen molar-refractivity contribution in [3.63, 3.8) is 0 Å². The average molecular weight is 304 g/mol. The Hall–Kier alpha value is -1.62. The maximum atomic E-state index is 12.9. The Balaban J connectivity index is 1.82. The first kappa shape index (κ1) is 15.3. The van der Waals surface area contributed by atoms with Crippen molar-refractivity contribution in [2.45, 2.75) is 44.2 Å². The summed E-state index contributed by atoms with van der Waals surface area (Å²) in [5.74, 6) is 1.08. The second-order valence-corrected chi connectivity index (χ2v) is 6.35. The summed E-state index contributed by atoms with van der Waals surface area (Å²) in [6.07, 6.45) is 5.58. The van der Waals surface area contributed by atoms with Crippen molar-refractivity contribution in [3.05, 3.63) is 17.7 Å². The summed E-state index contributed by atoms with van der Waals surface area (Å²) < 4.78 is 10.4. The van der Waals surface area contributed by atoms with E-state index in [0.717, 1.165) is 12.8 Å². The molecule has 0 saturated carbocycles. The minimum atomic E-state index is 0.0793. The Bertz CT molecular complexity index is 547. The molecule has 1 aromatic rings. The van der Waals surface area contributed by atoms with Crippen LogP contribution in [-0.2, 0) is 0 Å². The lowest BCUT2D eigenvalue weighted by atomic mass is 9.76. The van der Waals surface area contributed by atoms with E-state index >= 15 is 0 Å². The topological polar surface area (TPSA) is 51.7 Å². The maximum absolute atomic E-state index is 12.9. The van der Waals surface area contributed by atoms with Crippen LogP contribution in [0.4, 0.5) is 0 Å². The van der Waals surface area contributed by atoms with Gasteiger partial charge < -0.3 is 14.4 Å². The highest BCUT2D eigenvalue weighted by atomic mass is 16.5. The van der Waals surface area contributed by atoms with E-state index in [1.54, 1.807) is 26.4 Å². The summed E-state index contributed by atoms with van der Waals surface area (Å²) in [6.45, 7) is 0. The number of methoxy groups -OCH3 is 2. The first-order valence-corrected chi connectivity index (χ1v) is 7.99. The number of hydrogen-bond acceptors (Lipinski definition) is 5. The third-order valence-corrected chi connectivity index (χ3v) is 5.21. The molecule has 3 heterocycles. The molecule has 0 aromatic carbocycles. The fourth-order valence-electron chi connectivity index (χ4n) is 3.93. The van der Waals surface area contributed by atoms with E-state index in [9.17, 15) is 4.79 Å². The molecule has 0 N–H and O–H groups in total. The van der Waals surface area contributed by atoms with Crippen LogP contribution in [0.15, 0.2) is 12.1 Å². The minimum absolute atomic E-state index is 0.0793. The van der Waals surface area contributed by atoms with Crippen LogP contribution in [-0.4, -0.2) is 49.0 Å². The molecule has 1 aromatic heterocycles. The smallest absolute Gasteiger partial charge is 0.227 e. The van der Waals surface area contributed by atoms with Crippen molar-refractivity contribution < 1.29 is 14.3 Å². The van der Waals surface area contributed by atoms with Crippen molar-refractivity contribution in [1.82, 2.24) is 9.88 Å². The Morgan fingerprint density at radius 2 is 1.86 bits per heavy atom. The Morgan fingerprint density at radius 1 is 1.18 bits per heavy atom. The lowest BCUT2D eigenvalue weighted by Crippen LogP contribution is -2.51. The van der Waals surface area contributed by atoms with Gasteiger partial charge in [-0.25, -0.2) is 0 Å². The number of ether oxygens (including phenoxy) is 2. The number of rotatable bonds is 4. The standard InChI is InChI=1S/C17H24N2O3/c1-19-12-5-4-6-13(19)10-11(9-12)16(20)14-7-8-15(21-2)18-17(14)22-3/h7-8,11-13H,4-6,9-10H2,1-3H3. The number of piperidine rings is 2. The number of fused-ring (bicyclic) bond motifs is 2. The molecular weight excluding hydrogens is 280 g/mol. The molecule has 2 atom stereocenters. The van der Waals surface area contributed by atoms with Crippen molar-refractivity contribution in [3.8, 4) is 11.8 Å². The van der Waals surface area contributed by atoms with E-state index in [0.29, 0.717) is 29.4 Å². The van der Waals surface area contributed by atoms with Gasteiger partial charge in [0.1, 0.15) is 0 Å². The van der Waals surface area contributed by atoms with Gasteiger partial charge in [0.05, 0.1) is 19.8 Å². The third kappa shape index (κ3) is 2.70. The summed E-state index contributed by atoms with van der Waals surface area (Å²) >= 11 is 0. The fraction of sp³-hybridized carbons (Fsp3) is 0.647. The average Bonchev–Trinajstić information content (AvgIpc) is 2.53. The van der Waals surface area contributed by atoms with E-state index in [1.807, 2.05) is 0 Å².